The summed E-state index contributed by atoms with van der Waals surface area (Å²) in [7, 11) is 0. The molecule has 7 heteroatoms. The Morgan fingerprint density at radius 3 is 2.78 bits per heavy atom. The molecule has 1 aromatic rings. The molecule has 2 fully saturated rings. The van der Waals surface area contributed by atoms with Gasteiger partial charge in [-0.2, -0.15) is 0 Å². The lowest BCUT2D eigenvalue weighted by Crippen LogP contribution is -2.46. The maximum Gasteiger partial charge on any atom is 0.242 e. The molecule has 2 amide bonds. The van der Waals surface area contributed by atoms with E-state index in [2.05, 4.69) is 0 Å². The summed E-state index contributed by atoms with van der Waals surface area (Å²) < 4.78 is 5.75. The Balaban J connectivity index is 1.64. The van der Waals surface area contributed by atoms with Gasteiger partial charge in [0.15, 0.2) is 0 Å². The van der Waals surface area contributed by atoms with E-state index in [9.17, 15) is 9.59 Å². The Kier molecular flexibility index (Phi) is 5.09. The number of carbonyl (C=O) groups is 2. The Morgan fingerprint density at radius 2 is 2.09 bits per heavy atom. The normalized spacial score (nSPS) is 21.8. The number of nitrogens with zero attached hydrogens (tertiary/aromatic N) is 2. The molecule has 1 atom stereocenters. The van der Waals surface area contributed by atoms with Crippen molar-refractivity contribution in [2.45, 2.75) is 18.9 Å². The molecule has 5 nitrogen and oxygen atoms in total. The molecule has 1 aromatic carbocycles. The second kappa shape index (κ2) is 7.07. The maximum absolute atomic E-state index is 12.4. The number of hydrogen-bond donors (Lipinski definition) is 0. The van der Waals surface area contributed by atoms with Crippen molar-refractivity contribution >= 4 is 35.0 Å². The van der Waals surface area contributed by atoms with Crippen LogP contribution in [-0.4, -0.2) is 54.4 Å². The van der Waals surface area contributed by atoms with E-state index >= 15 is 0 Å². The summed E-state index contributed by atoms with van der Waals surface area (Å²) in [6.45, 7) is 2.29. The van der Waals surface area contributed by atoms with Crippen LogP contribution >= 0.6 is 23.2 Å². The predicted octanol–water partition coefficient (Wildman–Crippen LogP) is 2.52. The fraction of sp³-hybridized carbons (Fsp3) is 0.500. The van der Waals surface area contributed by atoms with E-state index < -0.39 is 0 Å². The minimum Gasteiger partial charge on any atom is -0.370 e. The number of benzene rings is 1. The second-order valence-corrected chi connectivity index (χ2v) is 6.61. The molecule has 0 N–H and O–H groups in total. The van der Waals surface area contributed by atoms with Crippen LogP contribution < -0.4 is 0 Å². The highest BCUT2D eigenvalue weighted by Crippen LogP contribution is 2.29. The molecule has 124 valence electrons. The van der Waals surface area contributed by atoms with Crippen LogP contribution in [0.5, 0.6) is 0 Å². The average molecular weight is 357 g/mol. The summed E-state index contributed by atoms with van der Waals surface area (Å²) in [4.78, 5) is 27.5. The van der Waals surface area contributed by atoms with Crippen molar-refractivity contribution in [2.75, 3.05) is 32.8 Å². The summed E-state index contributed by atoms with van der Waals surface area (Å²) in [5.41, 5.74) is 0.897. The first-order chi connectivity index (χ1) is 11.0. The van der Waals surface area contributed by atoms with E-state index in [0.717, 1.165) is 12.0 Å². The highest BCUT2D eigenvalue weighted by molar-refractivity contribution is 6.42. The van der Waals surface area contributed by atoms with Gasteiger partial charge in [-0.3, -0.25) is 9.59 Å². The predicted molar refractivity (Wildman–Crippen MR) is 87.5 cm³/mol. The molecule has 2 aliphatic rings. The first kappa shape index (κ1) is 16.6. The zero-order chi connectivity index (χ0) is 16.4. The van der Waals surface area contributed by atoms with Gasteiger partial charge in [0.25, 0.3) is 0 Å². The van der Waals surface area contributed by atoms with Crippen LogP contribution in [0.1, 0.15) is 24.5 Å². The van der Waals surface area contributed by atoms with Crippen molar-refractivity contribution in [2.24, 2.45) is 0 Å². The molecule has 0 aliphatic carbocycles. The standard InChI is InChI=1S/C16H18Cl2N2O3/c17-12-4-3-11(8-13(12)18)14-9-20(6-7-23-14)16(22)10-19-5-1-2-15(19)21/h3-4,8,14H,1-2,5-7,9-10H2/t14-/m0/s1. The molecule has 0 spiro atoms. The Labute approximate surface area is 145 Å². The lowest BCUT2D eigenvalue weighted by Gasteiger charge is -2.34. The van der Waals surface area contributed by atoms with Gasteiger partial charge in [-0.05, 0) is 24.1 Å². The molecule has 3 rings (SSSR count). The molecule has 0 saturated carbocycles. The van der Waals surface area contributed by atoms with Gasteiger partial charge in [-0.15, -0.1) is 0 Å². The van der Waals surface area contributed by atoms with Gasteiger partial charge < -0.3 is 14.5 Å². The van der Waals surface area contributed by atoms with E-state index in [1.165, 1.54) is 0 Å². The first-order valence-electron chi connectivity index (χ1n) is 7.66. The largest absolute Gasteiger partial charge is 0.370 e. The fourth-order valence-electron chi connectivity index (χ4n) is 2.92. The molecular formula is C16H18Cl2N2O3. The summed E-state index contributed by atoms with van der Waals surface area (Å²) in [6, 6.07) is 5.36. The highest BCUT2D eigenvalue weighted by atomic mass is 35.5. The molecule has 2 saturated heterocycles. The van der Waals surface area contributed by atoms with Gasteiger partial charge >= 0.3 is 0 Å². The van der Waals surface area contributed by atoms with E-state index in [1.807, 2.05) is 6.07 Å². The minimum atomic E-state index is -0.225. The summed E-state index contributed by atoms with van der Waals surface area (Å²) in [5.74, 6) is 0.0289. The lowest BCUT2D eigenvalue weighted by molar-refractivity contribution is -0.143. The topological polar surface area (TPSA) is 49.9 Å². The third-order valence-corrected chi connectivity index (χ3v) is 4.97. The number of amides is 2. The summed E-state index contributed by atoms with van der Waals surface area (Å²) in [6.07, 6.45) is 1.15. The third kappa shape index (κ3) is 3.79. The van der Waals surface area contributed by atoms with E-state index in [1.54, 1.807) is 21.9 Å². The number of carbonyl (C=O) groups excluding carboxylic acids is 2. The summed E-state index contributed by atoms with van der Waals surface area (Å²) >= 11 is 12.0. The van der Waals surface area contributed by atoms with E-state index in [-0.39, 0.29) is 24.5 Å². The van der Waals surface area contributed by atoms with Crippen molar-refractivity contribution < 1.29 is 14.3 Å². The minimum absolute atomic E-state index is 0.0337. The van der Waals surface area contributed by atoms with Crippen LogP contribution in [0.25, 0.3) is 0 Å². The van der Waals surface area contributed by atoms with Gasteiger partial charge in [0, 0.05) is 19.5 Å². The van der Waals surface area contributed by atoms with Crippen molar-refractivity contribution in [3.63, 3.8) is 0 Å². The fourth-order valence-corrected chi connectivity index (χ4v) is 3.23. The van der Waals surface area contributed by atoms with Crippen LogP contribution in [0.15, 0.2) is 18.2 Å². The van der Waals surface area contributed by atoms with Crippen molar-refractivity contribution in [3.05, 3.63) is 33.8 Å². The number of hydrogen-bond acceptors (Lipinski definition) is 3. The summed E-state index contributed by atoms with van der Waals surface area (Å²) in [5, 5.41) is 0.964. The lowest BCUT2D eigenvalue weighted by atomic mass is 10.1. The van der Waals surface area contributed by atoms with E-state index in [0.29, 0.717) is 42.7 Å². The Hall–Kier alpha value is -1.30. The van der Waals surface area contributed by atoms with Crippen LogP contribution in [0, 0.1) is 0 Å². The van der Waals surface area contributed by atoms with Crippen LogP contribution in [0.3, 0.4) is 0 Å². The first-order valence-corrected chi connectivity index (χ1v) is 8.42. The van der Waals surface area contributed by atoms with E-state index in [4.69, 9.17) is 27.9 Å². The Morgan fingerprint density at radius 1 is 1.26 bits per heavy atom. The zero-order valence-electron chi connectivity index (χ0n) is 12.6. The molecule has 2 aliphatic heterocycles. The number of ether oxygens (including phenoxy) is 1. The SMILES string of the molecule is O=C1CCCN1CC(=O)N1CCO[C@H](c2ccc(Cl)c(Cl)c2)C1. The van der Waals surface area contributed by atoms with Crippen LogP contribution in [0.4, 0.5) is 0 Å². The monoisotopic (exact) mass is 356 g/mol. The third-order valence-electron chi connectivity index (χ3n) is 4.23. The molecular weight excluding hydrogens is 339 g/mol. The van der Waals surface area contributed by atoms with Crippen LogP contribution in [0.2, 0.25) is 10.0 Å². The molecule has 0 unspecified atom stereocenters. The van der Waals surface area contributed by atoms with Gasteiger partial charge in [0.1, 0.15) is 6.10 Å². The van der Waals surface area contributed by atoms with Gasteiger partial charge in [-0.1, -0.05) is 29.3 Å². The van der Waals surface area contributed by atoms with Crippen LogP contribution in [-0.2, 0) is 14.3 Å². The molecule has 23 heavy (non-hydrogen) atoms. The van der Waals surface area contributed by atoms with Crippen molar-refractivity contribution in [1.82, 2.24) is 9.80 Å². The molecule has 2 heterocycles. The number of halogens is 2. The maximum atomic E-state index is 12.4. The van der Waals surface area contributed by atoms with Gasteiger partial charge in [0.05, 0.1) is 29.7 Å². The smallest absolute Gasteiger partial charge is 0.242 e. The Bertz CT molecular complexity index is 623. The average Bonchev–Trinajstić information content (AvgIpc) is 2.95. The number of likely N-dealkylation sites (tertiary alicyclic amines) is 1. The number of morpholine rings is 1. The van der Waals surface area contributed by atoms with Gasteiger partial charge in [-0.25, -0.2) is 0 Å². The second-order valence-electron chi connectivity index (χ2n) is 5.79. The number of rotatable bonds is 3. The molecule has 0 bridgehead atoms. The highest BCUT2D eigenvalue weighted by Gasteiger charge is 2.29. The molecule has 0 aromatic heterocycles. The van der Waals surface area contributed by atoms with Gasteiger partial charge in [0.2, 0.25) is 11.8 Å². The molecule has 0 radical (unpaired) electrons. The quantitative estimate of drug-likeness (QED) is 0.835. The van der Waals surface area contributed by atoms with Crippen molar-refractivity contribution in [1.29, 1.82) is 0 Å². The van der Waals surface area contributed by atoms with Crippen molar-refractivity contribution in [3.8, 4) is 0 Å². The zero-order valence-corrected chi connectivity index (χ0v) is 14.1.